The Morgan fingerprint density at radius 3 is 2.41 bits per heavy atom. The molecular formula is C16H21F3N6O2. The van der Waals surface area contributed by atoms with Crippen LogP contribution in [0, 0.1) is 13.8 Å². The van der Waals surface area contributed by atoms with E-state index in [0.29, 0.717) is 17.0 Å². The second-order valence-electron chi connectivity index (χ2n) is 6.29. The summed E-state index contributed by atoms with van der Waals surface area (Å²) in [5.41, 5.74) is 1.59. The number of aryl methyl sites for hydroxylation is 2. The van der Waals surface area contributed by atoms with Crippen molar-refractivity contribution in [3.63, 3.8) is 0 Å². The summed E-state index contributed by atoms with van der Waals surface area (Å²) in [5, 5.41) is 6.12. The van der Waals surface area contributed by atoms with Crippen molar-refractivity contribution in [3.8, 4) is 0 Å². The first-order valence-corrected chi connectivity index (χ1v) is 8.27. The Bertz CT molecular complexity index is 860. The van der Waals surface area contributed by atoms with Crippen molar-refractivity contribution in [1.82, 2.24) is 29.8 Å². The molecule has 2 amide bonds. The van der Waals surface area contributed by atoms with Crippen LogP contribution in [0.1, 0.15) is 35.6 Å². The van der Waals surface area contributed by atoms with Crippen LogP contribution in [0.5, 0.6) is 0 Å². The van der Waals surface area contributed by atoms with Crippen molar-refractivity contribution in [1.29, 1.82) is 0 Å². The number of nitrogens with zero attached hydrogens (tertiary/aromatic N) is 5. The van der Waals surface area contributed by atoms with E-state index >= 15 is 0 Å². The van der Waals surface area contributed by atoms with Crippen LogP contribution in [0.3, 0.4) is 0 Å². The van der Waals surface area contributed by atoms with Gasteiger partial charge in [-0.1, -0.05) is 0 Å². The van der Waals surface area contributed by atoms with Gasteiger partial charge in [-0.05, 0) is 25.8 Å². The summed E-state index contributed by atoms with van der Waals surface area (Å²) in [4.78, 5) is 32.3. The summed E-state index contributed by atoms with van der Waals surface area (Å²) >= 11 is 0. The zero-order chi connectivity index (χ0) is 20.4. The van der Waals surface area contributed by atoms with Gasteiger partial charge in [0.25, 0.3) is 11.6 Å². The lowest BCUT2D eigenvalue weighted by Crippen LogP contribution is -2.30. The Hall–Kier alpha value is -2.72. The molecular weight excluding hydrogens is 365 g/mol. The third kappa shape index (κ3) is 4.92. The molecule has 27 heavy (non-hydrogen) atoms. The Kier molecular flexibility index (Phi) is 6.01. The monoisotopic (exact) mass is 386 g/mol. The predicted molar refractivity (Wildman–Crippen MR) is 89.9 cm³/mol. The Morgan fingerprint density at radius 1 is 1.15 bits per heavy atom. The molecule has 0 bridgehead atoms. The molecule has 0 unspecified atom stereocenters. The first kappa shape index (κ1) is 20.6. The van der Waals surface area contributed by atoms with E-state index in [1.807, 2.05) is 0 Å². The van der Waals surface area contributed by atoms with Crippen molar-refractivity contribution >= 4 is 17.6 Å². The maximum atomic E-state index is 12.8. The van der Waals surface area contributed by atoms with E-state index in [9.17, 15) is 22.8 Å². The fraction of sp³-hybridized carbons (Fsp3) is 0.562. The van der Waals surface area contributed by atoms with Crippen LogP contribution in [0.4, 0.5) is 13.2 Å². The molecule has 0 aliphatic heterocycles. The molecule has 0 atom stereocenters. The SMILES string of the molecule is Cc1nc2nc(C(F)(F)F)nn2c(C)c1CCC(=O)NCCC(=O)N(C)C. The molecule has 0 saturated heterocycles. The normalized spacial score (nSPS) is 11.7. The number of halogens is 3. The summed E-state index contributed by atoms with van der Waals surface area (Å²) in [6.45, 7) is 3.49. The summed E-state index contributed by atoms with van der Waals surface area (Å²) in [5.74, 6) is -1.73. The third-order valence-electron chi connectivity index (χ3n) is 4.06. The lowest BCUT2D eigenvalue weighted by atomic mass is 10.1. The van der Waals surface area contributed by atoms with E-state index in [0.717, 1.165) is 4.52 Å². The highest BCUT2D eigenvalue weighted by molar-refractivity contribution is 5.78. The number of aromatic nitrogens is 4. The first-order valence-electron chi connectivity index (χ1n) is 8.27. The number of alkyl halides is 3. The van der Waals surface area contributed by atoms with E-state index in [-0.39, 0.29) is 43.4 Å². The fourth-order valence-corrected chi connectivity index (χ4v) is 2.55. The van der Waals surface area contributed by atoms with Gasteiger partial charge in [0.2, 0.25) is 11.8 Å². The minimum Gasteiger partial charge on any atom is -0.356 e. The second-order valence-corrected chi connectivity index (χ2v) is 6.29. The maximum Gasteiger partial charge on any atom is 0.453 e. The molecule has 0 fully saturated rings. The Balaban J connectivity index is 2.06. The van der Waals surface area contributed by atoms with Crippen LogP contribution >= 0.6 is 0 Å². The molecule has 0 aliphatic rings. The molecule has 2 aromatic rings. The molecule has 11 heteroatoms. The quantitative estimate of drug-likeness (QED) is 0.808. The van der Waals surface area contributed by atoms with E-state index in [4.69, 9.17) is 0 Å². The van der Waals surface area contributed by atoms with Crippen LogP contribution in [0.15, 0.2) is 0 Å². The topological polar surface area (TPSA) is 92.5 Å². The molecule has 148 valence electrons. The maximum absolute atomic E-state index is 12.8. The van der Waals surface area contributed by atoms with Crippen LogP contribution in [-0.2, 0) is 22.2 Å². The van der Waals surface area contributed by atoms with Gasteiger partial charge in [0.05, 0.1) is 0 Å². The van der Waals surface area contributed by atoms with Crippen molar-refractivity contribution in [2.24, 2.45) is 0 Å². The summed E-state index contributed by atoms with van der Waals surface area (Å²) in [6, 6.07) is 0. The van der Waals surface area contributed by atoms with Gasteiger partial charge in [0.15, 0.2) is 0 Å². The molecule has 0 aliphatic carbocycles. The number of nitrogens with one attached hydrogen (secondary N) is 1. The van der Waals surface area contributed by atoms with E-state index < -0.39 is 12.0 Å². The van der Waals surface area contributed by atoms with Gasteiger partial charge in [-0.2, -0.15) is 18.2 Å². The minimum atomic E-state index is -4.65. The Labute approximate surface area is 153 Å². The molecule has 2 rings (SSSR count). The van der Waals surface area contributed by atoms with Gasteiger partial charge in [0, 0.05) is 44.9 Å². The van der Waals surface area contributed by atoms with Gasteiger partial charge >= 0.3 is 6.18 Å². The van der Waals surface area contributed by atoms with E-state index in [1.54, 1.807) is 27.9 Å². The van der Waals surface area contributed by atoms with Crippen molar-refractivity contribution in [2.75, 3.05) is 20.6 Å². The highest BCUT2D eigenvalue weighted by atomic mass is 19.4. The molecule has 0 radical (unpaired) electrons. The largest absolute Gasteiger partial charge is 0.453 e. The van der Waals surface area contributed by atoms with Gasteiger partial charge in [-0.25, -0.2) is 9.50 Å². The fourth-order valence-electron chi connectivity index (χ4n) is 2.55. The van der Waals surface area contributed by atoms with Crippen LogP contribution in [0.2, 0.25) is 0 Å². The van der Waals surface area contributed by atoms with Gasteiger partial charge in [-0.15, -0.1) is 5.10 Å². The van der Waals surface area contributed by atoms with Crippen molar-refractivity contribution in [3.05, 3.63) is 22.8 Å². The molecule has 2 heterocycles. The number of carbonyl (C=O) groups excluding carboxylic acids is 2. The van der Waals surface area contributed by atoms with Gasteiger partial charge < -0.3 is 10.2 Å². The molecule has 0 saturated carbocycles. The van der Waals surface area contributed by atoms with Crippen molar-refractivity contribution < 1.29 is 22.8 Å². The molecule has 1 N–H and O–H groups in total. The van der Waals surface area contributed by atoms with E-state index in [2.05, 4.69) is 20.4 Å². The average molecular weight is 386 g/mol. The van der Waals surface area contributed by atoms with Gasteiger partial charge in [0.1, 0.15) is 0 Å². The highest BCUT2D eigenvalue weighted by Crippen LogP contribution is 2.27. The smallest absolute Gasteiger partial charge is 0.356 e. The van der Waals surface area contributed by atoms with Crippen molar-refractivity contribution in [2.45, 2.75) is 39.3 Å². The zero-order valence-electron chi connectivity index (χ0n) is 15.5. The standard InChI is InChI=1S/C16H21F3N6O2/c1-9-11(5-6-12(26)20-8-7-13(27)24(3)4)10(2)25-15(21-9)22-14(23-25)16(17,18)19/h5-8H2,1-4H3,(H,20,26). The lowest BCUT2D eigenvalue weighted by molar-refractivity contribution is -0.144. The number of hydrogen-bond donors (Lipinski definition) is 1. The lowest BCUT2D eigenvalue weighted by Gasteiger charge is -2.12. The van der Waals surface area contributed by atoms with Crippen LogP contribution in [-0.4, -0.2) is 56.9 Å². The number of carbonyl (C=O) groups is 2. The average Bonchev–Trinajstić information content (AvgIpc) is 2.98. The van der Waals surface area contributed by atoms with Crippen LogP contribution in [0.25, 0.3) is 5.78 Å². The predicted octanol–water partition coefficient (Wildman–Crippen LogP) is 1.29. The van der Waals surface area contributed by atoms with Crippen LogP contribution < -0.4 is 5.32 Å². The first-order chi connectivity index (χ1) is 12.5. The zero-order valence-corrected chi connectivity index (χ0v) is 15.5. The molecule has 0 spiro atoms. The second kappa shape index (κ2) is 7.89. The third-order valence-corrected chi connectivity index (χ3v) is 4.06. The Morgan fingerprint density at radius 2 is 1.81 bits per heavy atom. The number of amides is 2. The molecule has 0 aromatic carbocycles. The number of hydrogen-bond acceptors (Lipinski definition) is 5. The molecule has 2 aromatic heterocycles. The van der Waals surface area contributed by atoms with E-state index in [1.165, 1.54) is 4.90 Å². The number of fused-ring (bicyclic) bond motifs is 1. The van der Waals surface area contributed by atoms with Gasteiger partial charge in [-0.3, -0.25) is 9.59 Å². The number of rotatable bonds is 6. The summed E-state index contributed by atoms with van der Waals surface area (Å²) < 4.78 is 39.4. The minimum absolute atomic E-state index is 0.0942. The summed E-state index contributed by atoms with van der Waals surface area (Å²) in [7, 11) is 3.26. The highest BCUT2D eigenvalue weighted by Gasteiger charge is 2.36. The summed E-state index contributed by atoms with van der Waals surface area (Å²) in [6.07, 6.45) is -4.05. The molecule has 8 nitrogen and oxygen atoms in total.